The summed E-state index contributed by atoms with van der Waals surface area (Å²) in [6, 6.07) is 5.17. The topological polar surface area (TPSA) is 28.3 Å². The maximum Gasteiger partial charge on any atom is 0.573 e. The number of benzene rings is 1. The molecule has 1 atom stereocenters. The molecule has 1 N–H and O–H groups in total. The summed E-state index contributed by atoms with van der Waals surface area (Å²) in [4.78, 5) is 5.83. The Morgan fingerprint density at radius 3 is 2.91 bits per heavy atom. The van der Waals surface area contributed by atoms with Crippen molar-refractivity contribution >= 4 is 10.9 Å². The van der Waals surface area contributed by atoms with Crippen molar-refractivity contribution in [1.82, 2.24) is 9.88 Å². The zero-order chi connectivity index (χ0) is 15.3. The van der Waals surface area contributed by atoms with Crippen molar-refractivity contribution in [2.24, 2.45) is 0 Å². The number of nitrogens with zero attached hydrogens (tertiary/aromatic N) is 1. The van der Waals surface area contributed by atoms with Crippen molar-refractivity contribution in [2.45, 2.75) is 38.1 Å². The van der Waals surface area contributed by atoms with Crippen molar-refractivity contribution < 1.29 is 17.9 Å². The fourth-order valence-corrected chi connectivity index (χ4v) is 3.85. The fourth-order valence-electron chi connectivity index (χ4n) is 3.85. The Balaban J connectivity index is 1.70. The van der Waals surface area contributed by atoms with Gasteiger partial charge in [-0.2, -0.15) is 0 Å². The average molecular weight is 310 g/mol. The molecule has 0 radical (unpaired) electrons. The Kier molecular flexibility index (Phi) is 3.11. The van der Waals surface area contributed by atoms with E-state index in [1.165, 1.54) is 30.5 Å². The summed E-state index contributed by atoms with van der Waals surface area (Å²) in [6.07, 6.45) is -0.292. The normalized spacial score (nSPS) is 22.4. The second kappa shape index (κ2) is 4.91. The number of halogens is 3. The number of aromatic nitrogens is 1. The summed E-state index contributed by atoms with van der Waals surface area (Å²) < 4.78 is 41.0. The third-order valence-corrected chi connectivity index (χ3v) is 4.79. The molecule has 0 unspecified atom stereocenters. The number of H-pyrrole nitrogens is 1. The second-order valence-corrected chi connectivity index (χ2v) is 6.12. The summed E-state index contributed by atoms with van der Waals surface area (Å²) in [5.74, 6) is -0.168. The molecule has 6 heteroatoms. The molecular formula is C16H17F3N2O. The van der Waals surface area contributed by atoms with Gasteiger partial charge in [0.05, 0.1) is 0 Å². The number of alkyl halides is 3. The van der Waals surface area contributed by atoms with Crippen molar-refractivity contribution in [1.29, 1.82) is 0 Å². The molecule has 22 heavy (non-hydrogen) atoms. The van der Waals surface area contributed by atoms with E-state index in [4.69, 9.17) is 0 Å². The van der Waals surface area contributed by atoms with Crippen LogP contribution in [-0.4, -0.2) is 35.4 Å². The molecule has 0 amide bonds. The maximum absolute atomic E-state index is 12.3. The molecule has 1 saturated heterocycles. The van der Waals surface area contributed by atoms with Gasteiger partial charge in [-0.1, -0.05) is 0 Å². The van der Waals surface area contributed by atoms with E-state index in [0.29, 0.717) is 6.04 Å². The first-order valence-electron chi connectivity index (χ1n) is 7.63. The van der Waals surface area contributed by atoms with Crippen LogP contribution < -0.4 is 4.74 Å². The number of aromatic amines is 1. The highest BCUT2D eigenvalue weighted by atomic mass is 19.4. The number of hydrogen-bond donors (Lipinski definition) is 1. The van der Waals surface area contributed by atoms with Gasteiger partial charge in [-0.15, -0.1) is 13.2 Å². The predicted octanol–water partition coefficient (Wildman–Crippen LogP) is 3.63. The molecule has 0 bridgehead atoms. The van der Waals surface area contributed by atoms with Crippen LogP contribution in [0.5, 0.6) is 5.75 Å². The lowest BCUT2D eigenvalue weighted by atomic mass is 10.0. The smallest absolute Gasteiger partial charge is 0.406 e. The zero-order valence-corrected chi connectivity index (χ0v) is 12.0. The van der Waals surface area contributed by atoms with Gasteiger partial charge in [-0.25, -0.2) is 0 Å². The molecule has 1 aromatic carbocycles. The van der Waals surface area contributed by atoms with Crippen LogP contribution in [0.1, 0.15) is 24.1 Å². The fraction of sp³-hybridized carbons (Fsp3) is 0.500. The van der Waals surface area contributed by atoms with Crippen LogP contribution in [0, 0.1) is 0 Å². The van der Waals surface area contributed by atoms with Crippen LogP contribution in [0.15, 0.2) is 18.2 Å². The standard InChI is InChI=1S/C16H17F3N2O/c17-16(18,19)22-11-3-4-12-13-8-10-2-1-6-21(10)7-5-14(13)20-15(12)9-11/h3-4,9-10,20H,1-2,5-8H2/t10-/m1/s1. The second-order valence-electron chi connectivity index (χ2n) is 6.12. The molecule has 0 aliphatic carbocycles. The van der Waals surface area contributed by atoms with Gasteiger partial charge in [0.15, 0.2) is 0 Å². The number of nitrogens with one attached hydrogen (secondary N) is 1. The van der Waals surface area contributed by atoms with E-state index < -0.39 is 6.36 Å². The van der Waals surface area contributed by atoms with E-state index in [9.17, 15) is 13.2 Å². The minimum atomic E-state index is -4.65. The van der Waals surface area contributed by atoms with Gasteiger partial charge < -0.3 is 9.72 Å². The molecule has 0 saturated carbocycles. The van der Waals surface area contributed by atoms with Gasteiger partial charge >= 0.3 is 6.36 Å². The molecule has 4 rings (SSSR count). The molecule has 1 aromatic heterocycles. The summed E-state index contributed by atoms with van der Waals surface area (Å²) in [6.45, 7) is 2.19. The SMILES string of the molecule is FC(F)(F)Oc1ccc2c3c([nH]c2c1)CCN1CCC[C@@H]1C3. The number of rotatable bonds is 1. The molecule has 0 spiro atoms. The lowest BCUT2D eigenvalue weighted by Gasteiger charge is -2.21. The van der Waals surface area contributed by atoms with Gasteiger partial charge in [0.2, 0.25) is 0 Å². The van der Waals surface area contributed by atoms with Gasteiger partial charge in [-0.3, -0.25) is 4.90 Å². The molecule has 2 aliphatic rings. The molecule has 2 aromatic rings. The van der Waals surface area contributed by atoms with E-state index in [1.54, 1.807) is 6.07 Å². The van der Waals surface area contributed by atoms with Crippen LogP contribution >= 0.6 is 0 Å². The van der Waals surface area contributed by atoms with Crippen molar-refractivity contribution in [3.63, 3.8) is 0 Å². The first-order chi connectivity index (χ1) is 10.5. The van der Waals surface area contributed by atoms with Crippen molar-refractivity contribution in [2.75, 3.05) is 13.1 Å². The summed E-state index contributed by atoms with van der Waals surface area (Å²) in [5, 5.41) is 1.03. The van der Waals surface area contributed by atoms with Gasteiger partial charge in [-0.05, 0) is 43.5 Å². The summed E-state index contributed by atoms with van der Waals surface area (Å²) >= 11 is 0. The lowest BCUT2D eigenvalue weighted by molar-refractivity contribution is -0.274. The molecule has 2 aliphatic heterocycles. The lowest BCUT2D eigenvalue weighted by Crippen LogP contribution is -2.30. The predicted molar refractivity (Wildman–Crippen MR) is 77.0 cm³/mol. The van der Waals surface area contributed by atoms with E-state index in [1.807, 2.05) is 0 Å². The Hall–Kier alpha value is -1.69. The average Bonchev–Trinajstić information content (AvgIpc) is 2.96. The summed E-state index contributed by atoms with van der Waals surface area (Å²) in [5.41, 5.74) is 3.16. The van der Waals surface area contributed by atoms with Crippen LogP contribution in [0.4, 0.5) is 13.2 Å². The van der Waals surface area contributed by atoms with E-state index in [-0.39, 0.29) is 5.75 Å². The van der Waals surface area contributed by atoms with Crippen LogP contribution in [0.2, 0.25) is 0 Å². The first-order valence-corrected chi connectivity index (χ1v) is 7.63. The Bertz CT molecular complexity index is 707. The Labute approximate surface area is 126 Å². The third kappa shape index (κ3) is 2.45. The van der Waals surface area contributed by atoms with E-state index in [2.05, 4.69) is 14.6 Å². The zero-order valence-electron chi connectivity index (χ0n) is 12.0. The number of ether oxygens (including phenoxy) is 1. The van der Waals surface area contributed by atoms with Gasteiger partial charge in [0, 0.05) is 41.7 Å². The highest BCUT2D eigenvalue weighted by Gasteiger charge is 2.32. The van der Waals surface area contributed by atoms with E-state index >= 15 is 0 Å². The van der Waals surface area contributed by atoms with Crippen LogP contribution in [0.25, 0.3) is 10.9 Å². The van der Waals surface area contributed by atoms with Crippen LogP contribution in [-0.2, 0) is 12.8 Å². The molecule has 1 fully saturated rings. The minimum Gasteiger partial charge on any atom is -0.406 e. The molecule has 3 nitrogen and oxygen atoms in total. The number of fused-ring (bicyclic) bond motifs is 4. The highest BCUT2D eigenvalue weighted by molar-refractivity contribution is 5.86. The van der Waals surface area contributed by atoms with Gasteiger partial charge in [0.1, 0.15) is 5.75 Å². The molecular weight excluding hydrogens is 293 g/mol. The van der Waals surface area contributed by atoms with E-state index in [0.717, 1.165) is 42.5 Å². The Morgan fingerprint density at radius 1 is 1.23 bits per heavy atom. The number of hydrogen-bond acceptors (Lipinski definition) is 2. The van der Waals surface area contributed by atoms with Crippen LogP contribution in [0.3, 0.4) is 0 Å². The maximum atomic E-state index is 12.3. The quantitative estimate of drug-likeness (QED) is 0.871. The Morgan fingerprint density at radius 2 is 2.09 bits per heavy atom. The highest BCUT2D eigenvalue weighted by Crippen LogP contribution is 2.34. The minimum absolute atomic E-state index is 0.168. The largest absolute Gasteiger partial charge is 0.573 e. The van der Waals surface area contributed by atoms with Crippen molar-refractivity contribution in [3.8, 4) is 5.75 Å². The monoisotopic (exact) mass is 310 g/mol. The van der Waals surface area contributed by atoms with Crippen molar-refractivity contribution in [3.05, 3.63) is 29.5 Å². The van der Waals surface area contributed by atoms with Gasteiger partial charge in [0.25, 0.3) is 0 Å². The first kappa shape index (κ1) is 13.9. The third-order valence-electron chi connectivity index (χ3n) is 4.79. The molecule has 118 valence electrons. The molecule has 3 heterocycles. The summed E-state index contributed by atoms with van der Waals surface area (Å²) in [7, 11) is 0.